The van der Waals surface area contributed by atoms with Crippen molar-refractivity contribution < 1.29 is 0 Å². The van der Waals surface area contributed by atoms with E-state index in [1.165, 1.54) is 77.0 Å². The van der Waals surface area contributed by atoms with Gasteiger partial charge >= 0.3 is 0 Å². The average molecular weight is 297 g/mol. The van der Waals surface area contributed by atoms with Crippen LogP contribution < -0.4 is 9.67 Å². The molecule has 0 saturated heterocycles. The molecule has 18 heavy (non-hydrogen) atoms. The van der Waals surface area contributed by atoms with Gasteiger partial charge in [0.1, 0.15) is 0 Å². The van der Waals surface area contributed by atoms with Gasteiger partial charge in [-0.15, -0.1) is 0 Å². The molecule has 4 heteroatoms. The van der Waals surface area contributed by atoms with Crippen molar-refractivity contribution >= 4 is 23.6 Å². The van der Waals surface area contributed by atoms with Crippen molar-refractivity contribution in [3.63, 3.8) is 0 Å². The van der Waals surface area contributed by atoms with Gasteiger partial charge in [-0.2, -0.15) is 0 Å². The molecule has 110 valence electrons. The summed E-state index contributed by atoms with van der Waals surface area (Å²) in [5.41, 5.74) is 0. The van der Waals surface area contributed by atoms with Crippen LogP contribution in [0.5, 0.6) is 0 Å². The molecule has 0 fully saturated rings. The van der Waals surface area contributed by atoms with Crippen molar-refractivity contribution in [1.29, 1.82) is 0 Å². The SMILES string of the molecule is ClNCCCCCCCCCCCCCCNCl. The molecule has 0 saturated carbocycles. The largest absolute Gasteiger partial charge is 0.234 e. The van der Waals surface area contributed by atoms with Gasteiger partial charge in [0.25, 0.3) is 0 Å². The first kappa shape index (κ1) is 18.5. The van der Waals surface area contributed by atoms with Crippen molar-refractivity contribution in [2.45, 2.75) is 77.0 Å². The highest BCUT2D eigenvalue weighted by Crippen LogP contribution is 2.11. The van der Waals surface area contributed by atoms with Gasteiger partial charge in [-0.05, 0) is 36.4 Å². The monoisotopic (exact) mass is 296 g/mol. The summed E-state index contributed by atoms with van der Waals surface area (Å²) in [6.45, 7) is 1.89. The molecule has 0 aromatic carbocycles. The highest BCUT2D eigenvalue weighted by atomic mass is 35.5. The summed E-state index contributed by atoms with van der Waals surface area (Å²) < 4.78 is 0. The quantitative estimate of drug-likeness (QED) is 0.322. The van der Waals surface area contributed by atoms with E-state index in [2.05, 4.69) is 9.67 Å². The van der Waals surface area contributed by atoms with Crippen LogP contribution in [-0.2, 0) is 0 Å². The molecular formula is C14H30Cl2N2. The molecule has 0 aliphatic carbocycles. The van der Waals surface area contributed by atoms with E-state index in [0.717, 1.165) is 13.1 Å². The van der Waals surface area contributed by atoms with Crippen LogP contribution in [0.4, 0.5) is 0 Å². The van der Waals surface area contributed by atoms with Gasteiger partial charge in [0.15, 0.2) is 0 Å². The number of hydrogen-bond donors (Lipinski definition) is 2. The Hall–Kier alpha value is 0.500. The van der Waals surface area contributed by atoms with Crippen molar-refractivity contribution in [3.05, 3.63) is 0 Å². The van der Waals surface area contributed by atoms with Crippen molar-refractivity contribution in [2.75, 3.05) is 13.1 Å². The number of nitrogens with one attached hydrogen (secondary N) is 2. The van der Waals surface area contributed by atoms with Gasteiger partial charge in [0, 0.05) is 13.1 Å². The molecule has 0 aromatic rings. The Morgan fingerprint density at radius 2 is 0.611 bits per heavy atom. The number of hydrogen-bond acceptors (Lipinski definition) is 2. The summed E-state index contributed by atoms with van der Waals surface area (Å²) in [5.74, 6) is 0. The van der Waals surface area contributed by atoms with E-state index >= 15 is 0 Å². The van der Waals surface area contributed by atoms with E-state index in [0.29, 0.717) is 0 Å². The number of halogens is 2. The molecule has 0 atom stereocenters. The van der Waals surface area contributed by atoms with Gasteiger partial charge in [-0.25, -0.2) is 9.67 Å². The zero-order valence-electron chi connectivity index (χ0n) is 11.7. The average Bonchev–Trinajstić information content (AvgIpc) is 2.39. The van der Waals surface area contributed by atoms with Gasteiger partial charge in [0.2, 0.25) is 0 Å². The fourth-order valence-electron chi connectivity index (χ4n) is 2.15. The Balaban J connectivity index is 2.86. The minimum atomic E-state index is 0.945. The van der Waals surface area contributed by atoms with Gasteiger partial charge in [-0.1, -0.05) is 64.2 Å². The lowest BCUT2D eigenvalue weighted by molar-refractivity contribution is 0.540. The van der Waals surface area contributed by atoms with Gasteiger partial charge in [0.05, 0.1) is 0 Å². The molecule has 0 heterocycles. The van der Waals surface area contributed by atoms with E-state index < -0.39 is 0 Å². The van der Waals surface area contributed by atoms with Crippen molar-refractivity contribution in [2.24, 2.45) is 0 Å². The van der Waals surface area contributed by atoms with Gasteiger partial charge in [-0.3, -0.25) is 0 Å². The normalized spacial score (nSPS) is 11.0. The molecule has 0 bridgehead atoms. The molecular weight excluding hydrogens is 267 g/mol. The standard InChI is InChI=1S/C14H30Cl2N2/c15-17-13-11-9-7-5-3-1-2-4-6-8-10-12-14-18-16/h17-18H,1-14H2. The summed E-state index contributed by atoms with van der Waals surface area (Å²) in [5, 5.41) is 0. The maximum Gasteiger partial charge on any atom is 0.0108 e. The molecule has 0 amide bonds. The van der Waals surface area contributed by atoms with Crippen molar-refractivity contribution in [1.82, 2.24) is 9.67 Å². The van der Waals surface area contributed by atoms with Gasteiger partial charge < -0.3 is 0 Å². The summed E-state index contributed by atoms with van der Waals surface area (Å²) in [6.07, 6.45) is 16.2. The first-order valence-electron chi connectivity index (χ1n) is 7.59. The molecule has 0 aliphatic heterocycles. The predicted octanol–water partition coefficient (Wildman–Crippen LogP) is 5.15. The summed E-state index contributed by atoms with van der Waals surface area (Å²) in [6, 6.07) is 0. The third-order valence-corrected chi connectivity index (χ3v) is 3.67. The highest BCUT2D eigenvalue weighted by molar-refractivity contribution is 6.13. The summed E-state index contributed by atoms with van der Waals surface area (Å²) >= 11 is 10.8. The molecule has 0 unspecified atom stereocenters. The van der Waals surface area contributed by atoms with Crippen LogP contribution >= 0.6 is 23.6 Å². The Morgan fingerprint density at radius 1 is 0.389 bits per heavy atom. The molecule has 2 N–H and O–H groups in total. The maximum atomic E-state index is 5.39. The molecule has 0 radical (unpaired) electrons. The minimum Gasteiger partial charge on any atom is -0.234 e. The van der Waals surface area contributed by atoms with E-state index in [1.54, 1.807) is 0 Å². The Kier molecular flexibility index (Phi) is 18.0. The highest BCUT2D eigenvalue weighted by Gasteiger charge is 1.93. The predicted molar refractivity (Wildman–Crippen MR) is 83.1 cm³/mol. The Labute approximate surface area is 123 Å². The van der Waals surface area contributed by atoms with E-state index in [4.69, 9.17) is 23.6 Å². The zero-order valence-corrected chi connectivity index (χ0v) is 13.2. The first-order valence-corrected chi connectivity index (χ1v) is 8.34. The van der Waals surface area contributed by atoms with Crippen LogP contribution in [0.3, 0.4) is 0 Å². The van der Waals surface area contributed by atoms with E-state index in [1.807, 2.05) is 0 Å². The first-order chi connectivity index (χ1) is 8.91. The van der Waals surface area contributed by atoms with Crippen LogP contribution in [0, 0.1) is 0 Å². The second kappa shape index (κ2) is 17.5. The topological polar surface area (TPSA) is 24.1 Å². The van der Waals surface area contributed by atoms with E-state index in [9.17, 15) is 0 Å². The lowest BCUT2D eigenvalue weighted by atomic mass is 10.1. The van der Waals surface area contributed by atoms with Crippen LogP contribution in [0.25, 0.3) is 0 Å². The molecule has 0 aromatic heterocycles. The fourth-order valence-corrected chi connectivity index (χ4v) is 2.42. The number of unbranched alkanes of at least 4 members (excludes halogenated alkanes) is 11. The fraction of sp³-hybridized carbons (Fsp3) is 1.00. The third kappa shape index (κ3) is 16.5. The second-order valence-electron chi connectivity index (χ2n) is 5.01. The molecule has 0 rings (SSSR count). The third-order valence-electron chi connectivity index (χ3n) is 3.29. The minimum absolute atomic E-state index is 0.945. The number of rotatable bonds is 15. The smallest absolute Gasteiger partial charge is 0.0108 e. The Bertz CT molecular complexity index is 130. The molecule has 0 spiro atoms. The lowest BCUT2D eigenvalue weighted by Gasteiger charge is -2.03. The van der Waals surface area contributed by atoms with Crippen LogP contribution in [-0.4, -0.2) is 13.1 Å². The molecule has 2 nitrogen and oxygen atoms in total. The van der Waals surface area contributed by atoms with E-state index in [-0.39, 0.29) is 0 Å². The molecule has 0 aliphatic rings. The van der Waals surface area contributed by atoms with Crippen LogP contribution in [0.2, 0.25) is 0 Å². The second-order valence-corrected chi connectivity index (χ2v) is 5.54. The maximum absolute atomic E-state index is 5.39. The zero-order chi connectivity index (χ0) is 13.3. The summed E-state index contributed by atoms with van der Waals surface area (Å²) in [7, 11) is 0. The van der Waals surface area contributed by atoms with Crippen molar-refractivity contribution in [3.8, 4) is 0 Å². The van der Waals surface area contributed by atoms with Crippen LogP contribution in [0.1, 0.15) is 77.0 Å². The summed E-state index contributed by atoms with van der Waals surface area (Å²) in [4.78, 5) is 5.34. The van der Waals surface area contributed by atoms with Crippen LogP contribution in [0.15, 0.2) is 0 Å². The lowest BCUT2D eigenvalue weighted by Crippen LogP contribution is -1.99. The Morgan fingerprint density at radius 3 is 0.833 bits per heavy atom.